The number of carbonyl (C=O) groups is 2. The van der Waals surface area contributed by atoms with Crippen LogP contribution in [-0.4, -0.2) is 52.3 Å². The molecule has 38 heavy (non-hydrogen) atoms. The van der Waals surface area contributed by atoms with Gasteiger partial charge in [0.2, 0.25) is 5.91 Å². The lowest BCUT2D eigenvalue weighted by Gasteiger charge is -2.34. The minimum atomic E-state index is -0.833. The average molecular weight is 509 g/mol. The van der Waals surface area contributed by atoms with E-state index in [2.05, 4.69) is 71.6 Å². The number of nitrogen functional groups attached to an aromatic ring is 1. The zero-order chi connectivity index (χ0) is 27.1. The average Bonchev–Trinajstić information content (AvgIpc) is 2.90. The van der Waals surface area contributed by atoms with Gasteiger partial charge in [-0.2, -0.15) is 0 Å². The number of nitrogens with two attached hydrogens (primary N) is 1. The molecule has 4 N–H and O–H groups in total. The van der Waals surface area contributed by atoms with Gasteiger partial charge in [-0.1, -0.05) is 78.9 Å². The Morgan fingerprint density at radius 2 is 1.47 bits per heavy atom. The summed E-state index contributed by atoms with van der Waals surface area (Å²) in [4.78, 5) is 26.0. The first-order valence-electron chi connectivity index (χ1n) is 12.5. The molecular weight excluding hydrogens is 476 g/mol. The van der Waals surface area contributed by atoms with Gasteiger partial charge in [0.1, 0.15) is 5.84 Å². The normalized spacial score (nSPS) is 13.6. The van der Waals surface area contributed by atoms with Crippen LogP contribution in [0.25, 0.3) is 21.9 Å². The summed E-state index contributed by atoms with van der Waals surface area (Å²) >= 11 is 0. The lowest BCUT2D eigenvalue weighted by atomic mass is 10.0. The summed E-state index contributed by atoms with van der Waals surface area (Å²) in [5.74, 6) is -0.613. The Morgan fingerprint density at radius 1 is 0.842 bits per heavy atom. The van der Waals surface area contributed by atoms with Gasteiger partial charge in [0.05, 0.1) is 6.54 Å². The number of amidine groups is 1. The zero-order valence-corrected chi connectivity index (χ0v) is 21.4. The lowest BCUT2D eigenvalue weighted by molar-refractivity contribution is -0.137. The van der Waals surface area contributed by atoms with Crippen LogP contribution < -0.4 is 5.73 Å². The Labute approximate surface area is 222 Å². The number of hydrogen-bond donors (Lipinski definition) is 3. The fraction of sp³-hybridized carbons (Fsp3) is 0.194. The van der Waals surface area contributed by atoms with Gasteiger partial charge >= 0.3 is 0 Å². The first-order valence-corrected chi connectivity index (χ1v) is 12.5. The number of carboxylic acids is 1. The van der Waals surface area contributed by atoms with Crippen molar-refractivity contribution >= 4 is 28.5 Å². The Hall–Kier alpha value is -4.49. The number of amides is 1. The molecule has 1 amide bonds. The van der Waals surface area contributed by atoms with E-state index in [0.717, 1.165) is 36.3 Å². The molecular formula is C31H32N4O3. The van der Waals surface area contributed by atoms with E-state index in [4.69, 9.17) is 21.0 Å². The van der Waals surface area contributed by atoms with Crippen LogP contribution in [0.15, 0.2) is 91.0 Å². The molecule has 1 aliphatic rings. The maximum Gasteiger partial charge on any atom is 0.300 e. The van der Waals surface area contributed by atoms with E-state index in [0.29, 0.717) is 25.2 Å². The molecule has 0 bridgehead atoms. The van der Waals surface area contributed by atoms with Crippen molar-refractivity contribution < 1.29 is 14.7 Å². The zero-order valence-electron chi connectivity index (χ0n) is 21.4. The fourth-order valence-corrected chi connectivity index (χ4v) is 4.53. The molecule has 0 unspecified atom stereocenters. The minimum Gasteiger partial charge on any atom is -0.481 e. The van der Waals surface area contributed by atoms with Crippen molar-refractivity contribution in [3.8, 4) is 11.1 Å². The second-order valence-electron chi connectivity index (χ2n) is 9.42. The van der Waals surface area contributed by atoms with Gasteiger partial charge in [0.15, 0.2) is 0 Å². The van der Waals surface area contributed by atoms with Gasteiger partial charge in [-0.05, 0) is 45.2 Å². The highest BCUT2D eigenvalue weighted by atomic mass is 16.4. The predicted molar refractivity (Wildman–Crippen MR) is 151 cm³/mol. The summed E-state index contributed by atoms with van der Waals surface area (Å²) in [6.45, 7) is 4.46. The second kappa shape index (κ2) is 12.2. The number of benzene rings is 4. The Kier molecular flexibility index (Phi) is 8.51. The Bertz CT molecular complexity index is 1430. The van der Waals surface area contributed by atoms with Crippen molar-refractivity contribution in [1.29, 1.82) is 5.41 Å². The summed E-state index contributed by atoms with van der Waals surface area (Å²) in [6, 6.07) is 31.0. The SMILES string of the molecule is CC(=O)O.N=C(N)c1ccc2ccc(CN3CCN(Cc4ccc(-c5ccccc5)cc4)CC3=O)cc2c1. The van der Waals surface area contributed by atoms with Crippen molar-refractivity contribution in [1.82, 2.24) is 9.80 Å². The van der Waals surface area contributed by atoms with E-state index >= 15 is 0 Å². The van der Waals surface area contributed by atoms with Gasteiger partial charge in [0, 0.05) is 38.7 Å². The van der Waals surface area contributed by atoms with Crippen molar-refractivity contribution in [2.75, 3.05) is 19.6 Å². The minimum absolute atomic E-state index is 0.0632. The topological polar surface area (TPSA) is 111 Å². The predicted octanol–water partition coefficient (Wildman–Crippen LogP) is 4.73. The van der Waals surface area contributed by atoms with E-state index in [-0.39, 0.29) is 11.7 Å². The van der Waals surface area contributed by atoms with Crippen LogP contribution in [0.2, 0.25) is 0 Å². The smallest absolute Gasteiger partial charge is 0.300 e. The molecule has 1 aliphatic heterocycles. The molecule has 0 radical (unpaired) electrons. The highest BCUT2D eigenvalue weighted by molar-refractivity contribution is 5.99. The van der Waals surface area contributed by atoms with Crippen molar-refractivity contribution in [3.63, 3.8) is 0 Å². The molecule has 4 aromatic carbocycles. The van der Waals surface area contributed by atoms with Gasteiger partial charge in [-0.15, -0.1) is 0 Å². The summed E-state index contributed by atoms with van der Waals surface area (Å²) in [7, 11) is 0. The maximum absolute atomic E-state index is 12.9. The molecule has 1 fully saturated rings. The molecule has 1 heterocycles. The van der Waals surface area contributed by atoms with E-state index in [1.165, 1.54) is 16.7 Å². The van der Waals surface area contributed by atoms with Crippen molar-refractivity contribution in [2.24, 2.45) is 5.73 Å². The number of hydrogen-bond acceptors (Lipinski definition) is 4. The van der Waals surface area contributed by atoms with Crippen LogP contribution in [0.1, 0.15) is 23.6 Å². The van der Waals surface area contributed by atoms with Gasteiger partial charge in [0.25, 0.3) is 5.97 Å². The Morgan fingerprint density at radius 3 is 2.13 bits per heavy atom. The van der Waals surface area contributed by atoms with E-state index in [9.17, 15) is 4.79 Å². The summed E-state index contributed by atoms with van der Waals surface area (Å²) in [5.41, 5.74) is 11.1. The largest absolute Gasteiger partial charge is 0.481 e. The first kappa shape index (κ1) is 26.6. The molecule has 5 rings (SSSR count). The summed E-state index contributed by atoms with van der Waals surface area (Å²) < 4.78 is 0. The van der Waals surface area contributed by atoms with Gasteiger partial charge in [-0.3, -0.25) is 19.9 Å². The lowest BCUT2D eigenvalue weighted by Crippen LogP contribution is -2.49. The van der Waals surface area contributed by atoms with Crippen LogP contribution in [0.4, 0.5) is 0 Å². The fourth-order valence-electron chi connectivity index (χ4n) is 4.53. The number of aliphatic carboxylic acids is 1. The third-order valence-electron chi connectivity index (χ3n) is 6.45. The quantitative estimate of drug-likeness (QED) is 0.258. The van der Waals surface area contributed by atoms with E-state index < -0.39 is 5.97 Å². The molecule has 1 saturated heterocycles. The van der Waals surface area contributed by atoms with E-state index in [1.54, 1.807) is 0 Å². The number of nitrogens with zero attached hydrogens (tertiary/aromatic N) is 2. The molecule has 7 heteroatoms. The van der Waals surface area contributed by atoms with Crippen LogP contribution >= 0.6 is 0 Å². The number of carboxylic acid groups (broad SMARTS) is 1. The summed E-state index contributed by atoms with van der Waals surface area (Å²) in [5, 5.41) is 17.2. The molecule has 7 nitrogen and oxygen atoms in total. The monoisotopic (exact) mass is 508 g/mol. The number of carbonyl (C=O) groups excluding carboxylic acids is 1. The molecule has 0 spiro atoms. The van der Waals surface area contributed by atoms with Gasteiger partial charge < -0.3 is 15.7 Å². The highest BCUT2D eigenvalue weighted by Gasteiger charge is 2.24. The number of piperazine rings is 1. The number of fused-ring (bicyclic) bond motifs is 1. The molecule has 0 aliphatic carbocycles. The third kappa shape index (κ3) is 7.05. The first-order chi connectivity index (χ1) is 18.3. The van der Waals surface area contributed by atoms with Crippen LogP contribution in [0, 0.1) is 5.41 Å². The molecule has 194 valence electrons. The second-order valence-corrected chi connectivity index (χ2v) is 9.42. The molecule has 0 atom stereocenters. The highest BCUT2D eigenvalue weighted by Crippen LogP contribution is 2.22. The van der Waals surface area contributed by atoms with Gasteiger partial charge in [-0.25, -0.2) is 0 Å². The van der Waals surface area contributed by atoms with Crippen LogP contribution in [0.3, 0.4) is 0 Å². The van der Waals surface area contributed by atoms with Crippen molar-refractivity contribution in [3.05, 3.63) is 108 Å². The molecule has 0 saturated carbocycles. The Balaban J connectivity index is 0.000000786. The number of rotatable bonds is 6. The van der Waals surface area contributed by atoms with Crippen molar-refractivity contribution in [2.45, 2.75) is 20.0 Å². The van der Waals surface area contributed by atoms with E-state index in [1.807, 2.05) is 29.2 Å². The van der Waals surface area contributed by atoms with Crippen LogP contribution in [-0.2, 0) is 22.7 Å². The molecule has 0 aromatic heterocycles. The number of nitrogens with one attached hydrogen (secondary N) is 1. The molecule has 4 aromatic rings. The third-order valence-corrected chi connectivity index (χ3v) is 6.45. The standard InChI is InChI=1S/C29H28N4O.C2H4O2/c30-29(31)26-13-12-25-11-8-22(16-27(25)17-26)19-33-15-14-32(20-28(33)34)18-21-6-9-24(10-7-21)23-4-2-1-3-5-23;1-2(3)4/h1-13,16-17H,14-15,18-20H2,(H3,30,31);1H3,(H,3,4). The summed E-state index contributed by atoms with van der Waals surface area (Å²) in [6.07, 6.45) is 0. The maximum atomic E-state index is 12.9. The van der Waals surface area contributed by atoms with Crippen LogP contribution in [0.5, 0.6) is 0 Å².